The molecule has 4 aromatic rings. The molecule has 0 unspecified atom stereocenters. The fourth-order valence-electron chi connectivity index (χ4n) is 3.03. The fraction of sp³-hybridized carbons (Fsp3) is 0.158. The van der Waals surface area contributed by atoms with Gasteiger partial charge in [0.25, 0.3) is 9.76 Å². The summed E-state index contributed by atoms with van der Waals surface area (Å²) in [7, 11) is 0.395. The van der Waals surface area contributed by atoms with E-state index in [1.54, 1.807) is 0 Å². The Morgan fingerprint density at radius 1 is 0.810 bits per heavy atom. The molecule has 2 heteroatoms. The first-order valence-corrected chi connectivity index (χ1v) is 8.23. The van der Waals surface area contributed by atoms with Crippen LogP contribution in [0.3, 0.4) is 0 Å². The first-order valence-electron chi connectivity index (χ1n) is 7.32. The topological polar surface area (TPSA) is 9.23 Å². The maximum absolute atomic E-state index is 5.88. The lowest BCUT2D eigenvalue weighted by Gasteiger charge is -2.14. The third kappa shape index (κ3) is 2.03. The van der Waals surface area contributed by atoms with Crippen molar-refractivity contribution in [1.82, 2.24) is 0 Å². The molecule has 0 aromatic heterocycles. The molecule has 0 bridgehead atoms. The standard InChI is InChI=1S/C19H16OSi/c1-12(2)20-21-17-11-15-7-3-5-13-9-10-14-6-4-8-16(17)19(14)18(13)15/h3-12H,1-2H3. The molecule has 102 valence electrons. The van der Waals surface area contributed by atoms with Crippen molar-refractivity contribution < 1.29 is 4.43 Å². The zero-order valence-corrected chi connectivity index (χ0v) is 13.2. The Hall–Kier alpha value is -1.90. The minimum atomic E-state index is 0.261. The van der Waals surface area contributed by atoms with Crippen molar-refractivity contribution in [2.45, 2.75) is 20.0 Å². The molecular weight excluding hydrogens is 272 g/mol. The summed E-state index contributed by atoms with van der Waals surface area (Å²) in [5.74, 6) is 0. The lowest BCUT2D eigenvalue weighted by atomic mass is 9.94. The summed E-state index contributed by atoms with van der Waals surface area (Å²) in [5, 5.41) is 9.33. The fourth-order valence-corrected chi connectivity index (χ4v) is 3.92. The van der Waals surface area contributed by atoms with Crippen LogP contribution >= 0.6 is 0 Å². The molecule has 0 aliphatic heterocycles. The van der Waals surface area contributed by atoms with E-state index >= 15 is 0 Å². The SMILES string of the molecule is CC(C)O[Si]c1cc2cccc3ccc4cccc1c4c32. The highest BCUT2D eigenvalue weighted by molar-refractivity contribution is 6.53. The van der Waals surface area contributed by atoms with Gasteiger partial charge in [-0.3, -0.25) is 0 Å². The maximum atomic E-state index is 5.88. The van der Waals surface area contributed by atoms with E-state index in [2.05, 4.69) is 68.4 Å². The van der Waals surface area contributed by atoms with E-state index in [0.717, 1.165) is 0 Å². The summed E-state index contributed by atoms with van der Waals surface area (Å²) in [4.78, 5) is 0. The van der Waals surface area contributed by atoms with Gasteiger partial charge in [-0.1, -0.05) is 54.6 Å². The molecule has 0 aliphatic carbocycles. The summed E-state index contributed by atoms with van der Waals surface area (Å²) < 4.78 is 5.88. The van der Waals surface area contributed by atoms with Crippen LogP contribution in [0, 0.1) is 0 Å². The molecule has 4 rings (SSSR count). The van der Waals surface area contributed by atoms with Crippen molar-refractivity contribution in [3.63, 3.8) is 0 Å². The van der Waals surface area contributed by atoms with Gasteiger partial charge in [0.15, 0.2) is 0 Å². The third-order valence-electron chi connectivity index (χ3n) is 3.91. The highest BCUT2D eigenvalue weighted by atomic mass is 28.2. The number of hydrogen-bond acceptors (Lipinski definition) is 1. The third-order valence-corrected chi connectivity index (χ3v) is 5.14. The average Bonchev–Trinajstić information content (AvgIpc) is 2.51. The van der Waals surface area contributed by atoms with Crippen LogP contribution < -0.4 is 5.19 Å². The van der Waals surface area contributed by atoms with Crippen molar-refractivity contribution in [2.75, 3.05) is 0 Å². The smallest absolute Gasteiger partial charge is 0.269 e. The van der Waals surface area contributed by atoms with Gasteiger partial charge in [-0.25, -0.2) is 0 Å². The number of rotatable bonds is 3. The van der Waals surface area contributed by atoms with Crippen LogP contribution in [0.15, 0.2) is 54.6 Å². The summed E-state index contributed by atoms with van der Waals surface area (Å²) in [6.45, 7) is 4.18. The monoisotopic (exact) mass is 288 g/mol. The molecule has 4 aromatic carbocycles. The van der Waals surface area contributed by atoms with E-state index in [4.69, 9.17) is 4.43 Å². The van der Waals surface area contributed by atoms with E-state index in [9.17, 15) is 0 Å². The molecule has 0 atom stereocenters. The molecule has 0 fully saturated rings. The Bertz CT molecular complexity index is 927. The maximum Gasteiger partial charge on any atom is 0.269 e. The summed E-state index contributed by atoms with van der Waals surface area (Å²) in [6, 6.07) is 19.8. The zero-order chi connectivity index (χ0) is 14.4. The Morgan fingerprint density at radius 2 is 1.48 bits per heavy atom. The lowest BCUT2D eigenvalue weighted by Crippen LogP contribution is -2.22. The molecule has 0 saturated heterocycles. The first-order chi connectivity index (χ1) is 10.2. The van der Waals surface area contributed by atoms with Gasteiger partial charge in [0.05, 0.1) is 0 Å². The molecule has 0 N–H and O–H groups in total. The van der Waals surface area contributed by atoms with E-state index in [0.29, 0.717) is 9.76 Å². The summed E-state index contributed by atoms with van der Waals surface area (Å²) in [6.07, 6.45) is 0.261. The van der Waals surface area contributed by atoms with Crippen molar-refractivity contribution in [3.05, 3.63) is 54.6 Å². The number of benzene rings is 4. The van der Waals surface area contributed by atoms with Gasteiger partial charge in [-0.15, -0.1) is 0 Å². The quantitative estimate of drug-likeness (QED) is 0.404. The minimum absolute atomic E-state index is 0.261. The lowest BCUT2D eigenvalue weighted by molar-refractivity contribution is 0.260. The Kier molecular flexibility index (Phi) is 2.95. The summed E-state index contributed by atoms with van der Waals surface area (Å²) >= 11 is 0. The van der Waals surface area contributed by atoms with Crippen LogP contribution in [-0.2, 0) is 4.43 Å². The second-order valence-corrected chi connectivity index (χ2v) is 6.72. The van der Waals surface area contributed by atoms with Crippen molar-refractivity contribution in [3.8, 4) is 0 Å². The van der Waals surface area contributed by atoms with Gasteiger partial charge in [-0.05, 0) is 51.4 Å². The van der Waals surface area contributed by atoms with Gasteiger partial charge >= 0.3 is 0 Å². The van der Waals surface area contributed by atoms with E-state index in [1.807, 2.05) is 0 Å². The van der Waals surface area contributed by atoms with Gasteiger partial charge in [0, 0.05) is 6.10 Å². The van der Waals surface area contributed by atoms with Gasteiger partial charge in [0.1, 0.15) is 0 Å². The van der Waals surface area contributed by atoms with Crippen LogP contribution in [0.4, 0.5) is 0 Å². The highest BCUT2D eigenvalue weighted by Crippen LogP contribution is 2.33. The first kappa shape index (κ1) is 12.8. The average molecular weight is 288 g/mol. The van der Waals surface area contributed by atoms with Gasteiger partial charge in [0.2, 0.25) is 0 Å². The van der Waals surface area contributed by atoms with Crippen molar-refractivity contribution >= 4 is 47.3 Å². The predicted molar refractivity (Wildman–Crippen MR) is 91.8 cm³/mol. The normalized spacial score (nSPS) is 12.1. The van der Waals surface area contributed by atoms with Crippen LogP contribution in [-0.4, -0.2) is 15.9 Å². The van der Waals surface area contributed by atoms with Crippen LogP contribution in [0.25, 0.3) is 32.3 Å². The molecule has 0 amide bonds. The molecule has 0 spiro atoms. The largest absolute Gasteiger partial charge is 0.409 e. The molecule has 21 heavy (non-hydrogen) atoms. The summed E-state index contributed by atoms with van der Waals surface area (Å²) in [5.41, 5.74) is 0. The van der Waals surface area contributed by atoms with Gasteiger partial charge in [-0.2, -0.15) is 0 Å². The molecule has 0 aliphatic rings. The predicted octanol–water partition coefficient (Wildman–Crippen LogP) is 4.25. The Labute approximate surface area is 126 Å². The second-order valence-electron chi connectivity index (χ2n) is 5.74. The zero-order valence-electron chi connectivity index (χ0n) is 12.2. The molecule has 1 nitrogen and oxygen atoms in total. The van der Waals surface area contributed by atoms with Crippen molar-refractivity contribution in [2.24, 2.45) is 0 Å². The molecule has 2 radical (unpaired) electrons. The molecule has 0 saturated carbocycles. The van der Waals surface area contributed by atoms with Crippen molar-refractivity contribution in [1.29, 1.82) is 0 Å². The second kappa shape index (κ2) is 4.83. The van der Waals surface area contributed by atoms with Crippen LogP contribution in [0.2, 0.25) is 0 Å². The molecule has 0 heterocycles. The number of hydrogen-bond donors (Lipinski definition) is 0. The molecular formula is C19H16OSi. The highest BCUT2D eigenvalue weighted by Gasteiger charge is 2.12. The van der Waals surface area contributed by atoms with Crippen LogP contribution in [0.1, 0.15) is 13.8 Å². The Balaban J connectivity index is 2.10. The van der Waals surface area contributed by atoms with E-state index < -0.39 is 0 Å². The van der Waals surface area contributed by atoms with Gasteiger partial charge < -0.3 is 4.43 Å². The minimum Gasteiger partial charge on any atom is -0.409 e. The van der Waals surface area contributed by atoms with E-state index in [1.165, 1.54) is 37.5 Å². The van der Waals surface area contributed by atoms with E-state index in [-0.39, 0.29) is 6.10 Å². The van der Waals surface area contributed by atoms with Crippen LogP contribution in [0.5, 0.6) is 0 Å². The Morgan fingerprint density at radius 3 is 2.24 bits per heavy atom.